The Labute approximate surface area is 234 Å². The second kappa shape index (κ2) is 10.6. The molecule has 1 aliphatic heterocycles. The number of fused-ring (bicyclic) bond motifs is 1. The molecule has 1 saturated heterocycles. The summed E-state index contributed by atoms with van der Waals surface area (Å²) in [5, 5.41) is 10.5. The zero-order chi connectivity index (χ0) is 28.8. The minimum atomic E-state index is -0.624. The molecule has 4 aromatic rings. The number of pyridine rings is 1. The molecular weight excluding hydrogens is 508 g/mol. The van der Waals surface area contributed by atoms with Crippen LogP contribution >= 0.6 is 0 Å². The van der Waals surface area contributed by atoms with E-state index in [0.29, 0.717) is 27.9 Å². The molecule has 5 rings (SSSR count). The van der Waals surface area contributed by atoms with Crippen molar-refractivity contribution < 1.29 is 13.5 Å². The highest BCUT2D eigenvalue weighted by molar-refractivity contribution is 6.03. The van der Waals surface area contributed by atoms with Gasteiger partial charge >= 0.3 is 0 Å². The summed E-state index contributed by atoms with van der Waals surface area (Å²) in [5.74, 6) is -0.918. The molecule has 3 heterocycles. The maximum absolute atomic E-state index is 15.9. The van der Waals surface area contributed by atoms with Crippen LogP contribution in [0, 0.1) is 23.0 Å². The number of ether oxygens (including phenoxy) is 1. The number of hydrogen-bond donors (Lipinski definition) is 1. The smallest absolute Gasteiger partial charge is 0.165 e. The Kier molecular flexibility index (Phi) is 7.38. The van der Waals surface area contributed by atoms with Crippen molar-refractivity contribution >= 4 is 10.9 Å². The van der Waals surface area contributed by atoms with E-state index >= 15 is 4.39 Å². The van der Waals surface area contributed by atoms with E-state index in [2.05, 4.69) is 15.5 Å². The number of nitrogens with zero attached hydrogens (tertiary/aromatic N) is 4. The van der Waals surface area contributed by atoms with Crippen molar-refractivity contribution in [2.24, 2.45) is 12.8 Å². The molecule has 8 heteroatoms. The van der Waals surface area contributed by atoms with Gasteiger partial charge in [-0.15, -0.1) is 0 Å². The fourth-order valence-corrected chi connectivity index (χ4v) is 5.75. The summed E-state index contributed by atoms with van der Waals surface area (Å²) in [6.07, 6.45) is 3.72. The summed E-state index contributed by atoms with van der Waals surface area (Å²) in [6, 6.07) is 12.4. The van der Waals surface area contributed by atoms with E-state index in [-0.39, 0.29) is 17.4 Å². The monoisotopic (exact) mass is 543 g/mol. The highest BCUT2D eigenvalue weighted by Crippen LogP contribution is 2.44. The largest absolute Gasteiger partial charge is 0.494 e. The van der Waals surface area contributed by atoms with Crippen LogP contribution in [0.2, 0.25) is 0 Å². The Morgan fingerprint density at radius 1 is 1.12 bits per heavy atom. The zero-order valence-electron chi connectivity index (χ0n) is 23.7. The van der Waals surface area contributed by atoms with E-state index < -0.39 is 17.0 Å². The molecule has 0 atom stereocenters. The van der Waals surface area contributed by atoms with Crippen molar-refractivity contribution in [1.82, 2.24) is 14.5 Å². The predicted molar refractivity (Wildman–Crippen MR) is 154 cm³/mol. The van der Waals surface area contributed by atoms with Crippen LogP contribution < -0.4 is 10.5 Å². The van der Waals surface area contributed by atoms with Crippen molar-refractivity contribution in [3.8, 4) is 34.2 Å². The minimum absolute atomic E-state index is 0.0112. The van der Waals surface area contributed by atoms with Crippen molar-refractivity contribution in [3.63, 3.8) is 0 Å². The van der Waals surface area contributed by atoms with Crippen LogP contribution in [0.25, 0.3) is 33.3 Å². The number of nitrogens with two attached hydrogens (primary N) is 1. The number of aromatic nitrogens is 2. The van der Waals surface area contributed by atoms with E-state index in [1.807, 2.05) is 33.9 Å². The van der Waals surface area contributed by atoms with Gasteiger partial charge in [-0.05, 0) is 54.2 Å². The second-order valence-electron chi connectivity index (χ2n) is 11.6. The molecule has 0 aliphatic carbocycles. The van der Waals surface area contributed by atoms with Gasteiger partial charge in [-0.25, -0.2) is 8.78 Å². The summed E-state index contributed by atoms with van der Waals surface area (Å²) in [7, 11) is 3.43. The van der Waals surface area contributed by atoms with Crippen LogP contribution in [0.3, 0.4) is 0 Å². The first kappa shape index (κ1) is 27.8. The number of halogens is 2. The van der Waals surface area contributed by atoms with Crippen molar-refractivity contribution in [2.75, 3.05) is 20.2 Å². The summed E-state index contributed by atoms with van der Waals surface area (Å²) >= 11 is 0. The average molecular weight is 544 g/mol. The standard InChI is InChI=1S/C32H35F2N5O/c1-32(2,3)29-23(8-6-20(16-35)30(29)34)28-24-15-22(18-39-12-10-21(36)11-13-39)38(4)26(24)17-37-31(28)19-7-9-27(40-5)25(33)14-19/h6-9,14-15,17,21H,10-13,18,36H2,1-5H3. The van der Waals surface area contributed by atoms with Crippen molar-refractivity contribution in [2.45, 2.75) is 51.6 Å². The first-order chi connectivity index (χ1) is 19.0. The van der Waals surface area contributed by atoms with Gasteiger partial charge in [0.15, 0.2) is 11.6 Å². The Balaban J connectivity index is 1.79. The quantitative estimate of drug-likeness (QED) is 0.320. The van der Waals surface area contributed by atoms with Gasteiger partial charge in [0.25, 0.3) is 0 Å². The molecule has 2 aromatic heterocycles. The number of nitriles is 1. The van der Waals surface area contributed by atoms with Crippen LogP contribution in [0.1, 0.15) is 50.4 Å². The number of piperidine rings is 1. The van der Waals surface area contributed by atoms with Gasteiger partial charge in [0.2, 0.25) is 0 Å². The van der Waals surface area contributed by atoms with Crippen LogP contribution in [0.5, 0.6) is 5.75 Å². The highest BCUT2D eigenvalue weighted by atomic mass is 19.1. The van der Waals surface area contributed by atoms with E-state index in [1.165, 1.54) is 19.2 Å². The molecule has 1 aliphatic rings. The van der Waals surface area contributed by atoms with Crippen LogP contribution in [-0.2, 0) is 19.0 Å². The molecular formula is C32H35F2N5O. The average Bonchev–Trinajstić information content (AvgIpc) is 3.23. The van der Waals surface area contributed by atoms with Gasteiger partial charge in [-0.3, -0.25) is 9.88 Å². The lowest BCUT2D eigenvalue weighted by Gasteiger charge is -2.30. The summed E-state index contributed by atoms with van der Waals surface area (Å²) in [5.41, 5.74) is 10.3. The normalized spacial score (nSPS) is 15.0. The Morgan fingerprint density at radius 2 is 1.85 bits per heavy atom. The van der Waals surface area contributed by atoms with Crippen LogP contribution in [0.4, 0.5) is 8.78 Å². The van der Waals surface area contributed by atoms with Gasteiger partial charge in [-0.1, -0.05) is 26.8 Å². The molecule has 0 radical (unpaired) electrons. The lowest BCUT2D eigenvalue weighted by Crippen LogP contribution is -2.39. The number of hydrogen-bond acceptors (Lipinski definition) is 5. The molecule has 1 fully saturated rings. The highest BCUT2D eigenvalue weighted by Gasteiger charge is 2.29. The third-order valence-electron chi connectivity index (χ3n) is 7.93. The Hall–Kier alpha value is -3.80. The lowest BCUT2D eigenvalue weighted by molar-refractivity contribution is 0.202. The fraction of sp³-hybridized carbons (Fsp3) is 0.375. The first-order valence-electron chi connectivity index (χ1n) is 13.6. The molecule has 0 saturated carbocycles. The van der Waals surface area contributed by atoms with Gasteiger partial charge in [-0.2, -0.15) is 5.26 Å². The van der Waals surface area contributed by atoms with Crippen molar-refractivity contribution in [3.05, 3.63) is 71.1 Å². The summed E-state index contributed by atoms with van der Waals surface area (Å²) in [4.78, 5) is 7.23. The second-order valence-corrected chi connectivity index (χ2v) is 11.6. The van der Waals surface area contributed by atoms with E-state index in [9.17, 15) is 9.65 Å². The third kappa shape index (κ3) is 4.96. The topological polar surface area (TPSA) is 80.1 Å². The molecule has 0 unspecified atom stereocenters. The third-order valence-corrected chi connectivity index (χ3v) is 7.93. The van der Waals surface area contributed by atoms with Gasteiger partial charge in [0.1, 0.15) is 11.9 Å². The lowest BCUT2D eigenvalue weighted by atomic mass is 9.79. The molecule has 6 nitrogen and oxygen atoms in total. The molecule has 2 aromatic carbocycles. The van der Waals surface area contributed by atoms with Crippen LogP contribution in [-0.4, -0.2) is 40.7 Å². The summed E-state index contributed by atoms with van der Waals surface area (Å²) in [6.45, 7) is 8.38. The molecule has 2 N–H and O–H groups in total. The maximum atomic E-state index is 15.9. The maximum Gasteiger partial charge on any atom is 0.165 e. The number of aryl methyl sites for hydroxylation is 1. The van der Waals surface area contributed by atoms with E-state index in [0.717, 1.165) is 49.1 Å². The van der Waals surface area contributed by atoms with E-state index in [4.69, 9.17) is 15.5 Å². The molecule has 0 spiro atoms. The van der Waals surface area contributed by atoms with Gasteiger partial charge in [0.05, 0.1) is 30.1 Å². The SMILES string of the molecule is COc1ccc(-c2ncc3c(cc(CN4CCC(N)CC4)n3C)c2-c2ccc(C#N)c(F)c2C(C)(C)C)cc1F. The number of benzene rings is 2. The van der Waals surface area contributed by atoms with Gasteiger partial charge < -0.3 is 15.0 Å². The number of rotatable bonds is 5. The molecule has 40 heavy (non-hydrogen) atoms. The van der Waals surface area contributed by atoms with E-state index in [1.54, 1.807) is 24.4 Å². The minimum Gasteiger partial charge on any atom is -0.494 e. The molecule has 0 bridgehead atoms. The molecule has 0 amide bonds. The number of likely N-dealkylation sites (tertiary alicyclic amines) is 1. The summed E-state index contributed by atoms with van der Waals surface area (Å²) < 4.78 is 38.1. The predicted octanol–water partition coefficient (Wildman–Crippen LogP) is 6.29. The Bertz CT molecular complexity index is 1620. The van der Waals surface area contributed by atoms with Crippen molar-refractivity contribution in [1.29, 1.82) is 5.26 Å². The molecule has 208 valence electrons. The fourth-order valence-electron chi connectivity index (χ4n) is 5.75. The Morgan fingerprint density at radius 3 is 2.48 bits per heavy atom. The first-order valence-corrected chi connectivity index (χ1v) is 13.6. The number of methoxy groups -OCH3 is 1. The van der Waals surface area contributed by atoms with Gasteiger partial charge in [0, 0.05) is 60.5 Å². The zero-order valence-corrected chi connectivity index (χ0v) is 23.7. The van der Waals surface area contributed by atoms with Crippen LogP contribution in [0.15, 0.2) is 42.6 Å².